The maximum atomic E-state index is 12.0. The fourth-order valence-corrected chi connectivity index (χ4v) is 1.86. The van der Waals surface area contributed by atoms with E-state index in [1.165, 1.54) is 4.68 Å². The van der Waals surface area contributed by atoms with Crippen LogP contribution >= 0.6 is 11.6 Å². The first-order valence-corrected chi connectivity index (χ1v) is 7.02. The number of aryl methyl sites for hydroxylation is 1. The number of anilines is 1. The molecule has 0 bridgehead atoms. The maximum Gasteiger partial charge on any atom is 0.287 e. The van der Waals surface area contributed by atoms with Crippen LogP contribution in [0.3, 0.4) is 0 Å². The van der Waals surface area contributed by atoms with Gasteiger partial charge in [-0.1, -0.05) is 38.8 Å². The lowest BCUT2D eigenvalue weighted by atomic mass is 10.1. The summed E-state index contributed by atoms with van der Waals surface area (Å²) in [5, 5.41) is 16.6. The number of rotatable bonds is 7. The molecule has 0 aromatic carbocycles. The minimum atomic E-state index is -0.291. The number of unbranched alkanes of at least 4 members (excludes halogenated alkanes) is 1. The number of nitrogens with one attached hydrogen (secondary N) is 1. The summed E-state index contributed by atoms with van der Waals surface area (Å²) in [6.45, 7) is 6.57. The summed E-state index contributed by atoms with van der Waals surface area (Å²) in [5.41, 5.74) is 0.188. The van der Waals surface area contributed by atoms with E-state index in [4.69, 9.17) is 11.6 Å². The SMILES string of the molecule is CCCCn1ncc(N[C@H](CO)C(C)C)c(Cl)c1=O. The normalized spacial score (nSPS) is 12.7. The Morgan fingerprint density at radius 1 is 1.53 bits per heavy atom. The van der Waals surface area contributed by atoms with Gasteiger partial charge in [0.05, 0.1) is 24.5 Å². The number of halogens is 1. The summed E-state index contributed by atoms with van der Waals surface area (Å²) >= 11 is 6.07. The first-order chi connectivity index (χ1) is 9.01. The van der Waals surface area contributed by atoms with Gasteiger partial charge in [-0.2, -0.15) is 5.10 Å². The molecule has 1 aromatic heterocycles. The van der Waals surface area contributed by atoms with Crippen molar-refractivity contribution in [3.8, 4) is 0 Å². The van der Waals surface area contributed by atoms with Crippen molar-refractivity contribution < 1.29 is 5.11 Å². The Bertz CT molecular complexity index is 460. The van der Waals surface area contributed by atoms with Gasteiger partial charge in [-0.25, -0.2) is 4.68 Å². The zero-order valence-corrected chi connectivity index (χ0v) is 12.4. The van der Waals surface area contributed by atoms with Crippen molar-refractivity contribution in [3.05, 3.63) is 21.6 Å². The molecular formula is C13H22ClN3O2. The van der Waals surface area contributed by atoms with Crippen molar-refractivity contribution >= 4 is 17.3 Å². The Hall–Kier alpha value is -1.07. The molecule has 0 aliphatic carbocycles. The molecule has 0 unspecified atom stereocenters. The van der Waals surface area contributed by atoms with Gasteiger partial charge < -0.3 is 10.4 Å². The predicted molar refractivity (Wildman–Crippen MR) is 77.7 cm³/mol. The zero-order chi connectivity index (χ0) is 14.4. The fraction of sp³-hybridized carbons (Fsp3) is 0.692. The van der Waals surface area contributed by atoms with Crippen LogP contribution in [0, 0.1) is 5.92 Å². The van der Waals surface area contributed by atoms with E-state index in [1.807, 2.05) is 13.8 Å². The fourth-order valence-electron chi connectivity index (χ4n) is 1.66. The molecule has 1 heterocycles. The predicted octanol–water partition coefficient (Wildman–Crippen LogP) is 2.13. The molecule has 0 amide bonds. The van der Waals surface area contributed by atoms with Crippen LogP contribution in [0.25, 0.3) is 0 Å². The Kier molecular flexibility index (Phi) is 6.31. The van der Waals surface area contributed by atoms with Crippen LogP contribution in [0.2, 0.25) is 5.02 Å². The zero-order valence-electron chi connectivity index (χ0n) is 11.7. The molecule has 0 spiro atoms. The highest BCUT2D eigenvalue weighted by atomic mass is 35.5. The molecule has 0 radical (unpaired) electrons. The molecule has 1 aromatic rings. The van der Waals surface area contributed by atoms with Crippen molar-refractivity contribution in [3.63, 3.8) is 0 Å². The van der Waals surface area contributed by atoms with Gasteiger partial charge in [0, 0.05) is 6.54 Å². The highest BCUT2D eigenvalue weighted by Crippen LogP contribution is 2.18. The van der Waals surface area contributed by atoms with E-state index in [0.29, 0.717) is 12.2 Å². The van der Waals surface area contributed by atoms with E-state index in [2.05, 4.69) is 17.3 Å². The molecule has 0 saturated heterocycles. The van der Waals surface area contributed by atoms with E-state index >= 15 is 0 Å². The Balaban J connectivity index is 2.93. The molecule has 0 saturated carbocycles. The number of aromatic nitrogens is 2. The maximum absolute atomic E-state index is 12.0. The summed E-state index contributed by atoms with van der Waals surface area (Å²) in [7, 11) is 0. The number of aliphatic hydroxyl groups is 1. The number of hydrogen-bond acceptors (Lipinski definition) is 4. The Morgan fingerprint density at radius 3 is 2.74 bits per heavy atom. The molecule has 0 aliphatic heterocycles. The molecule has 1 rings (SSSR count). The largest absolute Gasteiger partial charge is 0.394 e. The standard InChI is InChI=1S/C13H22ClN3O2/c1-4-5-6-17-13(19)12(14)10(7-15-17)16-11(8-18)9(2)3/h7,9,11,16,18H,4-6,8H2,1-3H3/t11-/m1/s1. The monoisotopic (exact) mass is 287 g/mol. The van der Waals surface area contributed by atoms with E-state index in [-0.39, 0.29) is 29.1 Å². The van der Waals surface area contributed by atoms with E-state index in [0.717, 1.165) is 12.8 Å². The van der Waals surface area contributed by atoms with Gasteiger partial charge in [0.25, 0.3) is 5.56 Å². The average Bonchev–Trinajstić information content (AvgIpc) is 2.39. The molecule has 1 atom stereocenters. The lowest BCUT2D eigenvalue weighted by Gasteiger charge is -2.21. The van der Waals surface area contributed by atoms with Crippen molar-refractivity contribution in [2.75, 3.05) is 11.9 Å². The van der Waals surface area contributed by atoms with Crippen molar-refractivity contribution in [1.29, 1.82) is 0 Å². The van der Waals surface area contributed by atoms with Crippen LogP contribution in [0.1, 0.15) is 33.6 Å². The average molecular weight is 288 g/mol. The van der Waals surface area contributed by atoms with Gasteiger partial charge in [-0.3, -0.25) is 4.79 Å². The lowest BCUT2D eigenvalue weighted by molar-refractivity contribution is 0.249. The number of nitrogens with zero attached hydrogens (tertiary/aromatic N) is 2. The van der Waals surface area contributed by atoms with Crippen LogP contribution in [-0.2, 0) is 6.54 Å². The second kappa shape index (κ2) is 7.50. The van der Waals surface area contributed by atoms with Gasteiger partial charge in [-0.15, -0.1) is 0 Å². The van der Waals surface area contributed by atoms with Gasteiger partial charge in [0.2, 0.25) is 0 Å². The van der Waals surface area contributed by atoms with Crippen molar-refractivity contribution in [2.45, 2.75) is 46.2 Å². The van der Waals surface area contributed by atoms with E-state index < -0.39 is 0 Å². The van der Waals surface area contributed by atoms with Crippen LogP contribution in [0.4, 0.5) is 5.69 Å². The van der Waals surface area contributed by atoms with Crippen LogP contribution < -0.4 is 10.9 Å². The van der Waals surface area contributed by atoms with Crippen LogP contribution in [-0.4, -0.2) is 27.5 Å². The minimum Gasteiger partial charge on any atom is -0.394 e. The second-order valence-electron chi connectivity index (χ2n) is 4.93. The molecule has 108 valence electrons. The minimum absolute atomic E-state index is 0.0209. The first kappa shape index (κ1) is 16.0. The highest BCUT2D eigenvalue weighted by molar-refractivity contribution is 6.32. The number of aliphatic hydroxyl groups excluding tert-OH is 1. The summed E-state index contributed by atoms with van der Waals surface area (Å²) in [5.74, 6) is 0.226. The Labute approximate surface area is 118 Å². The topological polar surface area (TPSA) is 67.2 Å². The molecule has 19 heavy (non-hydrogen) atoms. The Morgan fingerprint density at radius 2 is 2.21 bits per heavy atom. The lowest BCUT2D eigenvalue weighted by Crippen LogP contribution is -2.31. The van der Waals surface area contributed by atoms with Crippen LogP contribution in [0.15, 0.2) is 11.0 Å². The van der Waals surface area contributed by atoms with E-state index in [1.54, 1.807) is 6.20 Å². The summed E-state index contributed by atoms with van der Waals surface area (Å²) < 4.78 is 1.38. The second-order valence-corrected chi connectivity index (χ2v) is 5.31. The summed E-state index contributed by atoms with van der Waals surface area (Å²) in [6, 6.07) is -0.148. The molecular weight excluding hydrogens is 266 g/mol. The van der Waals surface area contributed by atoms with Crippen LogP contribution in [0.5, 0.6) is 0 Å². The molecule has 6 heteroatoms. The van der Waals surface area contributed by atoms with Gasteiger partial charge in [0.15, 0.2) is 0 Å². The third-order valence-electron chi connectivity index (χ3n) is 3.05. The van der Waals surface area contributed by atoms with E-state index in [9.17, 15) is 9.90 Å². The van der Waals surface area contributed by atoms with Gasteiger partial charge in [0.1, 0.15) is 5.02 Å². The van der Waals surface area contributed by atoms with Gasteiger partial charge in [-0.05, 0) is 12.3 Å². The first-order valence-electron chi connectivity index (χ1n) is 6.64. The van der Waals surface area contributed by atoms with Crippen molar-refractivity contribution in [2.24, 2.45) is 5.92 Å². The quantitative estimate of drug-likeness (QED) is 0.806. The summed E-state index contributed by atoms with van der Waals surface area (Å²) in [4.78, 5) is 12.0. The molecule has 2 N–H and O–H groups in total. The van der Waals surface area contributed by atoms with Crippen molar-refractivity contribution in [1.82, 2.24) is 9.78 Å². The highest BCUT2D eigenvalue weighted by Gasteiger charge is 2.16. The molecule has 5 nitrogen and oxygen atoms in total. The number of hydrogen-bond donors (Lipinski definition) is 2. The molecule has 0 aliphatic rings. The smallest absolute Gasteiger partial charge is 0.287 e. The third-order valence-corrected chi connectivity index (χ3v) is 3.42. The van der Waals surface area contributed by atoms with Gasteiger partial charge >= 0.3 is 0 Å². The summed E-state index contributed by atoms with van der Waals surface area (Å²) in [6.07, 6.45) is 3.43. The molecule has 0 fully saturated rings. The third kappa shape index (κ3) is 4.21.